The molecule has 0 saturated carbocycles. The van der Waals surface area contributed by atoms with Crippen molar-refractivity contribution in [1.29, 1.82) is 0 Å². The van der Waals surface area contributed by atoms with Crippen LogP contribution in [0.2, 0.25) is 0 Å². The van der Waals surface area contributed by atoms with Gasteiger partial charge >= 0.3 is 0 Å². The Hall–Kier alpha value is -3.41. The highest BCUT2D eigenvalue weighted by molar-refractivity contribution is 5.54. The standard InChI is InChI=1S/C27H31FO5/c1-29-23-13-10-21(17-24(23)30-2)20(9-6-18-7-11-22(28)12-8-18)14-19-15-25(31-3)27(33-5)26(16-19)32-4/h7-8,10-13,15-17,20H,6,9,14H2,1-5H3. The van der Waals surface area contributed by atoms with E-state index < -0.39 is 0 Å². The second-order valence-electron chi connectivity index (χ2n) is 7.71. The lowest BCUT2D eigenvalue weighted by Gasteiger charge is -2.21. The van der Waals surface area contributed by atoms with Gasteiger partial charge in [0.05, 0.1) is 35.5 Å². The molecule has 0 aromatic heterocycles. The molecule has 5 nitrogen and oxygen atoms in total. The predicted octanol–water partition coefficient (Wildman–Crippen LogP) is 5.83. The fourth-order valence-electron chi connectivity index (χ4n) is 4.02. The minimum Gasteiger partial charge on any atom is -0.493 e. The number of hydrogen-bond donors (Lipinski definition) is 0. The van der Waals surface area contributed by atoms with Crippen LogP contribution in [0.3, 0.4) is 0 Å². The molecule has 1 unspecified atom stereocenters. The van der Waals surface area contributed by atoms with Crippen molar-refractivity contribution < 1.29 is 28.1 Å². The Morgan fingerprint density at radius 3 is 1.79 bits per heavy atom. The molecule has 33 heavy (non-hydrogen) atoms. The molecule has 0 fully saturated rings. The van der Waals surface area contributed by atoms with E-state index in [1.54, 1.807) is 35.5 Å². The van der Waals surface area contributed by atoms with Gasteiger partial charge in [-0.1, -0.05) is 18.2 Å². The first-order chi connectivity index (χ1) is 16.0. The highest BCUT2D eigenvalue weighted by Gasteiger charge is 2.19. The third-order valence-electron chi connectivity index (χ3n) is 5.78. The largest absolute Gasteiger partial charge is 0.493 e. The first-order valence-electron chi connectivity index (χ1n) is 10.8. The molecule has 0 aliphatic heterocycles. The Morgan fingerprint density at radius 1 is 0.636 bits per heavy atom. The normalized spacial score (nSPS) is 11.6. The van der Waals surface area contributed by atoms with Gasteiger partial charge in [-0.2, -0.15) is 0 Å². The van der Waals surface area contributed by atoms with Crippen molar-refractivity contribution in [2.24, 2.45) is 0 Å². The molecule has 0 N–H and O–H groups in total. The Labute approximate surface area is 195 Å². The van der Waals surface area contributed by atoms with Crippen molar-refractivity contribution in [1.82, 2.24) is 0 Å². The zero-order valence-electron chi connectivity index (χ0n) is 19.8. The smallest absolute Gasteiger partial charge is 0.203 e. The summed E-state index contributed by atoms with van der Waals surface area (Å²) in [7, 11) is 8.08. The van der Waals surface area contributed by atoms with Gasteiger partial charge in [0, 0.05) is 0 Å². The Bertz CT molecular complexity index is 1020. The molecule has 0 aliphatic carbocycles. The Balaban J connectivity index is 1.95. The van der Waals surface area contributed by atoms with Crippen LogP contribution in [0.5, 0.6) is 28.7 Å². The molecular formula is C27H31FO5. The third kappa shape index (κ3) is 5.89. The van der Waals surface area contributed by atoms with E-state index in [1.165, 1.54) is 12.1 Å². The predicted molar refractivity (Wildman–Crippen MR) is 127 cm³/mol. The topological polar surface area (TPSA) is 46.2 Å². The number of benzene rings is 3. The number of aryl methyl sites for hydroxylation is 1. The molecule has 1 atom stereocenters. The van der Waals surface area contributed by atoms with Gasteiger partial charge in [0.1, 0.15) is 5.82 Å². The van der Waals surface area contributed by atoms with Crippen molar-refractivity contribution in [2.75, 3.05) is 35.5 Å². The van der Waals surface area contributed by atoms with Crippen LogP contribution in [-0.2, 0) is 12.8 Å². The maximum absolute atomic E-state index is 13.3. The van der Waals surface area contributed by atoms with Gasteiger partial charge in [0.2, 0.25) is 5.75 Å². The molecule has 176 valence electrons. The first-order valence-corrected chi connectivity index (χ1v) is 10.8. The van der Waals surface area contributed by atoms with Crippen molar-refractivity contribution >= 4 is 0 Å². The number of hydrogen-bond acceptors (Lipinski definition) is 5. The molecule has 3 aromatic rings. The highest BCUT2D eigenvalue weighted by Crippen LogP contribution is 2.40. The molecular weight excluding hydrogens is 423 g/mol. The third-order valence-corrected chi connectivity index (χ3v) is 5.78. The molecule has 0 radical (unpaired) electrons. The summed E-state index contributed by atoms with van der Waals surface area (Å²) in [5, 5.41) is 0. The summed E-state index contributed by atoms with van der Waals surface area (Å²) in [4.78, 5) is 0. The maximum Gasteiger partial charge on any atom is 0.203 e. The number of halogens is 1. The van der Waals surface area contributed by atoms with E-state index in [0.717, 1.165) is 36.0 Å². The second kappa shape index (κ2) is 11.5. The summed E-state index contributed by atoms with van der Waals surface area (Å²) in [5.74, 6) is 3.12. The lowest BCUT2D eigenvalue weighted by Crippen LogP contribution is -2.07. The molecule has 6 heteroatoms. The SMILES string of the molecule is COc1ccc(C(CCc2ccc(F)cc2)Cc2cc(OC)c(OC)c(OC)c2)cc1OC. The van der Waals surface area contributed by atoms with Crippen LogP contribution in [0, 0.1) is 5.82 Å². The number of methoxy groups -OCH3 is 5. The van der Waals surface area contributed by atoms with Crippen molar-refractivity contribution in [3.8, 4) is 28.7 Å². The lowest BCUT2D eigenvalue weighted by atomic mass is 9.86. The first kappa shape index (κ1) is 24.2. The van der Waals surface area contributed by atoms with Crippen molar-refractivity contribution in [3.63, 3.8) is 0 Å². The molecule has 0 saturated heterocycles. The number of ether oxygens (including phenoxy) is 5. The van der Waals surface area contributed by atoms with E-state index in [4.69, 9.17) is 23.7 Å². The molecule has 0 aliphatic rings. The minimum absolute atomic E-state index is 0.165. The van der Waals surface area contributed by atoms with E-state index in [9.17, 15) is 4.39 Å². The minimum atomic E-state index is -0.229. The highest BCUT2D eigenvalue weighted by atomic mass is 19.1. The summed E-state index contributed by atoms with van der Waals surface area (Å²) < 4.78 is 40.8. The van der Waals surface area contributed by atoms with Crippen LogP contribution in [0.25, 0.3) is 0 Å². The van der Waals surface area contributed by atoms with Gasteiger partial charge < -0.3 is 23.7 Å². The summed E-state index contributed by atoms with van der Waals surface area (Å²) in [6.07, 6.45) is 2.41. The maximum atomic E-state index is 13.3. The summed E-state index contributed by atoms with van der Waals surface area (Å²) >= 11 is 0. The van der Waals surface area contributed by atoms with E-state index in [2.05, 4.69) is 6.07 Å². The molecule has 3 aromatic carbocycles. The average molecular weight is 455 g/mol. The fourth-order valence-corrected chi connectivity index (χ4v) is 4.02. The summed E-state index contributed by atoms with van der Waals surface area (Å²) in [6, 6.07) is 16.6. The van der Waals surface area contributed by atoms with Gasteiger partial charge in [-0.25, -0.2) is 4.39 Å². The van der Waals surface area contributed by atoms with Crippen molar-refractivity contribution in [3.05, 3.63) is 77.1 Å². The van der Waals surface area contributed by atoms with Crippen LogP contribution in [0.1, 0.15) is 29.0 Å². The van der Waals surface area contributed by atoms with E-state index in [0.29, 0.717) is 28.7 Å². The van der Waals surface area contributed by atoms with Crippen LogP contribution in [0.4, 0.5) is 4.39 Å². The van der Waals surface area contributed by atoms with E-state index in [-0.39, 0.29) is 11.7 Å². The molecule has 0 bridgehead atoms. The van der Waals surface area contributed by atoms with Gasteiger partial charge in [-0.3, -0.25) is 0 Å². The van der Waals surface area contributed by atoms with Gasteiger partial charge in [-0.05, 0) is 78.3 Å². The summed E-state index contributed by atoms with van der Waals surface area (Å²) in [6.45, 7) is 0. The van der Waals surface area contributed by atoms with Crippen LogP contribution < -0.4 is 23.7 Å². The summed E-state index contributed by atoms with van der Waals surface area (Å²) in [5.41, 5.74) is 3.28. The molecule has 3 rings (SSSR count). The van der Waals surface area contributed by atoms with Crippen molar-refractivity contribution in [2.45, 2.75) is 25.2 Å². The van der Waals surface area contributed by atoms with Crippen LogP contribution in [-0.4, -0.2) is 35.5 Å². The molecule has 0 heterocycles. The van der Waals surface area contributed by atoms with Gasteiger partial charge in [0.15, 0.2) is 23.0 Å². The fraction of sp³-hybridized carbons (Fsp3) is 0.333. The lowest BCUT2D eigenvalue weighted by molar-refractivity contribution is 0.323. The van der Waals surface area contributed by atoms with Gasteiger partial charge in [-0.15, -0.1) is 0 Å². The quantitative estimate of drug-likeness (QED) is 0.365. The Morgan fingerprint density at radius 2 is 1.24 bits per heavy atom. The average Bonchev–Trinajstić information content (AvgIpc) is 2.86. The number of rotatable bonds is 11. The second-order valence-corrected chi connectivity index (χ2v) is 7.71. The Kier molecular flexibility index (Phi) is 8.41. The van der Waals surface area contributed by atoms with Crippen LogP contribution in [0.15, 0.2) is 54.6 Å². The van der Waals surface area contributed by atoms with E-state index >= 15 is 0 Å². The van der Waals surface area contributed by atoms with Gasteiger partial charge in [0.25, 0.3) is 0 Å². The van der Waals surface area contributed by atoms with Crippen LogP contribution >= 0.6 is 0 Å². The monoisotopic (exact) mass is 454 g/mol. The molecule has 0 spiro atoms. The van der Waals surface area contributed by atoms with E-state index in [1.807, 2.05) is 36.4 Å². The zero-order chi connectivity index (χ0) is 23.8. The zero-order valence-corrected chi connectivity index (χ0v) is 19.8. The molecule has 0 amide bonds.